The van der Waals surface area contributed by atoms with Gasteiger partial charge in [0.2, 0.25) is 4.21 Å². The van der Waals surface area contributed by atoms with Crippen LogP contribution < -0.4 is 5.73 Å². The van der Waals surface area contributed by atoms with Crippen LogP contribution in [0.15, 0.2) is 27.8 Å². The number of ether oxygens (including phenoxy) is 1. The van der Waals surface area contributed by atoms with Gasteiger partial charge in [0, 0.05) is 12.0 Å². The molecular formula is C17H20N2O2S3. The lowest BCUT2D eigenvalue weighted by molar-refractivity contribution is 0.135. The van der Waals surface area contributed by atoms with Crippen molar-refractivity contribution in [3.63, 3.8) is 0 Å². The van der Waals surface area contributed by atoms with E-state index in [0.717, 1.165) is 37.0 Å². The fourth-order valence-electron chi connectivity index (χ4n) is 2.50. The van der Waals surface area contributed by atoms with Crippen LogP contribution in [0, 0.1) is 0 Å². The molecule has 0 radical (unpaired) electrons. The van der Waals surface area contributed by atoms with E-state index < -0.39 is 11.2 Å². The van der Waals surface area contributed by atoms with E-state index in [4.69, 9.17) is 15.5 Å². The van der Waals surface area contributed by atoms with Gasteiger partial charge in [-0.3, -0.25) is 0 Å². The minimum absolute atomic E-state index is 0.481. The Bertz CT molecular complexity index is 815. The summed E-state index contributed by atoms with van der Waals surface area (Å²) in [5, 5.41) is 2.93. The molecule has 2 N–H and O–H groups in total. The lowest BCUT2D eigenvalue weighted by Gasteiger charge is -2.08. The number of thiophene rings is 2. The number of hydrogen-bond acceptors (Lipinski definition) is 6. The monoisotopic (exact) mass is 380 g/mol. The van der Waals surface area contributed by atoms with Crippen LogP contribution >= 0.6 is 22.7 Å². The Labute approximate surface area is 152 Å². The summed E-state index contributed by atoms with van der Waals surface area (Å²) in [6, 6.07) is 6.11. The number of pyridine rings is 1. The number of nitrogen functional groups attached to an aromatic ring is 1. The van der Waals surface area contributed by atoms with E-state index in [1.165, 1.54) is 11.3 Å². The van der Waals surface area contributed by atoms with Crippen molar-refractivity contribution >= 4 is 49.8 Å². The molecule has 3 aromatic heterocycles. The van der Waals surface area contributed by atoms with Crippen LogP contribution in [0.5, 0.6) is 0 Å². The molecule has 7 heteroatoms. The summed E-state index contributed by atoms with van der Waals surface area (Å²) in [6.45, 7) is 5.11. The molecule has 128 valence electrons. The second kappa shape index (κ2) is 7.84. The Morgan fingerprint density at radius 1 is 1.38 bits per heavy atom. The fraction of sp³-hybridized carbons (Fsp3) is 0.353. The third-order valence-corrected chi connectivity index (χ3v) is 7.58. The summed E-state index contributed by atoms with van der Waals surface area (Å²) < 4.78 is 18.8. The van der Waals surface area contributed by atoms with Gasteiger partial charge >= 0.3 is 0 Å². The van der Waals surface area contributed by atoms with E-state index in [9.17, 15) is 4.55 Å². The average Bonchev–Trinajstić information content (AvgIpc) is 3.21. The van der Waals surface area contributed by atoms with Gasteiger partial charge in [0.05, 0.1) is 17.2 Å². The van der Waals surface area contributed by atoms with Gasteiger partial charge in [0.25, 0.3) is 0 Å². The van der Waals surface area contributed by atoms with Crippen molar-refractivity contribution in [1.29, 1.82) is 0 Å². The first-order valence-electron chi connectivity index (χ1n) is 7.87. The smallest absolute Gasteiger partial charge is 0.232 e. The molecule has 4 nitrogen and oxygen atoms in total. The Morgan fingerprint density at radius 3 is 2.88 bits per heavy atom. The maximum Gasteiger partial charge on any atom is 0.232 e. The number of fused-ring (bicyclic) bond motifs is 1. The molecule has 3 aromatic rings. The summed E-state index contributed by atoms with van der Waals surface area (Å²) in [5.74, 6) is 0.621. The predicted octanol–water partition coefficient (Wildman–Crippen LogP) is 4.66. The Morgan fingerprint density at radius 2 is 2.21 bits per heavy atom. The molecule has 0 amide bonds. The predicted molar refractivity (Wildman–Crippen MR) is 104 cm³/mol. The van der Waals surface area contributed by atoms with Crippen molar-refractivity contribution in [1.82, 2.24) is 4.98 Å². The summed E-state index contributed by atoms with van der Waals surface area (Å²) in [7, 11) is 0. The highest BCUT2D eigenvalue weighted by Gasteiger charge is 2.24. The van der Waals surface area contributed by atoms with Gasteiger partial charge in [-0.1, -0.05) is 24.3 Å². The molecule has 0 aliphatic rings. The first-order valence-corrected chi connectivity index (χ1v) is 10.9. The number of aromatic nitrogens is 1. The van der Waals surface area contributed by atoms with Gasteiger partial charge < -0.3 is 15.0 Å². The van der Waals surface area contributed by atoms with Crippen LogP contribution in [0.3, 0.4) is 0 Å². The van der Waals surface area contributed by atoms with E-state index in [-0.39, 0.29) is 0 Å². The van der Waals surface area contributed by atoms with E-state index >= 15 is 0 Å². The fourth-order valence-corrected chi connectivity index (χ4v) is 5.83. The molecule has 0 fully saturated rings. The Hall–Kier alpha value is -1.12. The minimum atomic E-state index is -1.07. The minimum Gasteiger partial charge on any atom is -0.611 e. The standard InChI is InChI=1S/C17H20N2O2S3/c1-3-8-24(20)17-15(18)14-11(10-21-4-2)9-12(19-16(14)23-17)13-6-5-7-22-13/h5-7,9H,3-4,8,10,18H2,1-2H3. The first-order chi connectivity index (χ1) is 11.7. The topological polar surface area (TPSA) is 71.2 Å². The van der Waals surface area contributed by atoms with Crippen LogP contribution in [0.2, 0.25) is 0 Å². The maximum absolute atomic E-state index is 12.5. The van der Waals surface area contributed by atoms with E-state index in [0.29, 0.717) is 24.7 Å². The lowest BCUT2D eigenvalue weighted by atomic mass is 10.1. The molecule has 1 atom stereocenters. The van der Waals surface area contributed by atoms with Crippen LogP contribution in [-0.4, -0.2) is 21.9 Å². The van der Waals surface area contributed by atoms with Crippen LogP contribution in [0.4, 0.5) is 5.69 Å². The van der Waals surface area contributed by atoms with E-state index in [1.807, 2.05) is 31.4 Å². The molecule has 0 saturated carbocycles. The van der Waals surface area contributed by atoms with Crippen LogP contribution in [-0.2, 0) is 22.5 Å². The second-order valence-electron chi connectivity index (χ2n) is 5.31. The highest BCUT2D eigenvalue weighted by atomic mass is 32.2. The zero-order valence-electron chi connectivity index (χ0n) is 13.7. The number of nitrogens with zero attached hydrogens (tertiary/aromatic N) is 1. The Kier molecular flexibility index (Phi) is 5.78. The van der Waals surface area contributed by atoms with Crippen molar-refractivity contribution < 1.29 is 9.29 Å². The molecule has 0 saturated heterocycles. The number of rotatable bonds is 7. The SMILES string of the molecule is CCC[S+]([O-])c1sc2nc(-c3cccs3)cc(COCC)c2c1N. The summed E-state index contributed by atoms with van der Waals surface area (Å²) in [4.78, 5) is 6.72. The maximum atomic E-state index is 12.5. The molecule has 0 aromatic carbocycles. The quantitative estimate of drug-likeness (QED) is 0.605. The third-order valence-electron chi connectivity index (χ3n) is 3.58. The summed E-state index contributed by atoms with van der Waals surface area (Å²) >= 11 is 2.03. The second-order valence-corrected chi connectivity index (χ2v) is 9.03. The van der Waals surface area contributed by atoms with Crippen molar-refractivity contribution in [2.45, 2.75) is 31.1 Å². The molecular weight excluding hydrogens is 360 g/mol. The van der Waals surface area contributed by atoms with Gasteiger partial charge in [-0.2, -0.15) is 0 Å². The van der Waals surface area contributed by atoms with E-state index in [2.05, 4.69) is 6.07 Å². The lowest BCUT2D eigenvalue weighted by Crippen LogP contribution is -2.06. The normalized spacial score (nSPS) is 12.8. The molecule has 0 spiro atoms. The molecule has 0 bridgehead atoms. The molecule has 3 rings (SSSR count). The summed E-state index contributed by atoms with van der Waals surface area (Å²) in [6.07, 6.45) is 0.861. The van der Waals surface area contributed by atoms with Crippen LogP contribution in [0.1, 0.15) is 25.8 Å². The highest BCUT2D eigenvalue weighted by molar-refractivity contribution is 7.93. The van der Waals surface area contributed by atoms with Gasteiger partial charge in [0.1, 0.15) is 16.3 Å². The summed E-state index contributed by atoms with van der Waals surface area (Å²) in [5.41, 5.74) is 8.87. The van der Waals surface area contributed by atoms with Gasteiger partial charge in [-0.05, 0) is 47.6 Å². The zero-order valence-corrected chi connectivity index (χ0v) is 16.2. The largest absolute Gasteiger partial charge is 0.611 e. The molecule has 24 heavy (non-hydrogen) atoms. The van der Waals surface area contributed by atoms with Crippen molar-refractivity contribution in [3.8, 4) is 10.6 Å². The third kappa shape index (κ3) is 3.45. The number of hydrogen-bond donors (Lipinski definition) is 1. The Balaban J connectivity index is 2.15. The number of nitrogens with two attached hydrogens (primary N) is 1. The van der Waals surface area contributed by atoms with Crippen LogP contribution in [0.25, 0.3) is 20.8 Å². The first kappa shape index (κ1) is 17.7. The highest BCUT2D eigenvalue weighted by Crippen LogP contribution is 2.40. The van der Waals surface area contributed by atoms with Crippen molar-refractivity contribution in [2.24, 2.45) is 0 Å². The van der Waals surface area contributed by atoms with Gasteiger partial charge in [0.15, 0.2) is 0 Å². The molecule has 1 unspecified atom stereocenters. The van der Waals surface area contributed by atoms with Gasteiger partial charge in [-0.15, -0.1) is 11.3 Å². The molecule has 0 aliphatic carbocycles. The van der Waals surface area contributed by atoms with Gasteiger partial charge in [-0.25, -0.2) is 4.98 Å². The number of anilines is 1. The average molecular weight is 381 g/mol. The van der Waals surface area contributed by atoms with Crippen molar-refractivity contribution in [3.05, 3.63) is 29.1 Å². The molecule has 3 heterocycles. The van der Waals surface area contributed by atoms with E-state index in [1.54, 1.807) is 11.3 Å². The zero-order chi connectivity index (χ0) is 17.1. The molecule has 0 aliphatic heterocycles. The van der Waals surface area contributed by atoms with Crippen molar-refractivity contribution in [2.75, 3.05) is 18.1 Å².